The lowest BCUT2D eigenvalue weighted by atomic mass is 9.95. The lowest BCUT2D eigenvalue weighted by Crippen LogP contribution is -2.42. The van der Waals surface area contributed by atoms with Crippen LogP contribution in [0.15, 0.2) is 24.3 Å². The highest BCUT2D eigenvalue weighted by atomic mass is 19.1. The number of likely N-dealkylation sites (tertiary alicyclic amines) is 1. The van der Waals surface area contributed by atoms with Crippen LogP contribution < -0.4 is 4.74 Å². The predicted molar refractivity (Wildman–Crippen MR) is 73.5 cm³/mol. The van der Waals surface area contributed by atoms with Crippen LogP contribution in [0.4, 0.5) is 4.39 Å². The summed E-state index contributed by atoms with van der Waals surface area (Å²) in [5, 5.41) is 8.80. The van der Waals surface area contributed by atoms with Crippen LogP contribution in [0.3, 0.4) is 0 Å². The zero-order valence-corrected chi connectivity index (χ0v) is 11.6. The number of halogens is 1. The molecule has 1 atom stereocenters. The van der Waals surface area contributed by atoms with E-state index in [1.807, 2.05) is 0 Å². The SMILES string of the molecule is O=C(O)CC1CCCN(C(=O)COc2ccccc2F)C1. The van der Waals surface area contributed by atoms with Crippen LogP contribution in [-0.4, -0.2) is 41.6 Å². The third kappa shape index (κ3) is 4.44. The van der Waals surface area contributed by atoms with Crippen LogP contribution in [0.1, 0.15) is 19.3 Å². The van der Waals surface area contributed by atoms with Crippen LogP contribution >= 0.6 is 0 Å². The summed E-state index contributed by atoms with van der Waals surface area (Å²) in [6, 6.07) is 5.91. The van der Waals surface area contributed by atoms with Gasteiger partial charge in [-0.1, -0.05) is 12.1 Å². The first-order chi connectivity index (χ1) is 10.1. The summed E-state index contributed by atoms with van der Waals surface area (Å²) in [4.78, 5) is 24.4. The highest BCUT2D eigenvalue weighted by Gasteiger charge is 2.25. The Hall–Kier alpha value is -2.11. The number of carbonyl (C=O) groups is 2. The average Bonchev–Trinajstić information content (AvgIpc) is 2.45. The van der Waals surface area contributed by atoms with E-state index >= 15 is 0 Å². The highest BCUT2D eigenvalue weighted by Crippen LogP contribution is 2.20. The van der Waals surface area contributed by atoms with E-state index in [0.29, 0.717) is 13.1 Å². The molecule has 1 saturated heterocycles. The van der Waals surface area contributed by atoms with E-state index in [0.717, 1.165) is 12.8 Å². The normalized spacial score (nSPS) is 18.3. The number of amides is 1. The van der Waals surface area contributed by atoms with E-state index in [2.05, 4.69) is 0 Å². The van der Waals surface area contributed by atoms with Gasteiger partial charge in [0.1, 0.15) is 0 Å². The maximum atomic E-state index is 13.4. The van der Waals surface area contributed by atoms with Crippen molar-refractivity contribution in [2.24, 2.45) is 5.92 Å². The van der Waals surface area contributed by atoms with Crippen molar-refractivity contribution in [3.63, 3.8) is 0 Å². The molecule has 1 aromatic carbocycles. The molecule has 5 nitrogen and oxygen atoms in total. The van der Waals surface area contributed by atoms with Crippen LogP contribution in [0, 0.1) is 11.7 Å². The molecule has 0 aromatic heterocycles. The van der Waals surface area contributed by atoms with Gasteiger partial charge in [-0.2, -0.15) is 0 Å². The number of benzene rings is 1. The number of carbonyl (C=O) groups excluding carboxylic acids is 1. The topological polar surface area (TPSA) is 66.8 Å². The zero-order chi connectivity index (χ0) is 15.2. The fourth-order valence-electron chi connectivity index (χ4n) is 2.50. The van der Waals surface area contributed by atoms with Crippen LogP contribution in [0.2, 0.25) is 0 Å². The van der Waals surface area contributed by atoms with Crippen molar-refractivity contribution < 1.29 is 23.8 Å². The Morgan fingerprint density at radius 3 is 2.86 bits per heavy atom. The summed E-state index contributed by atoms with van der Waals surface area (Å²) in [6.07, 6.45) is 1.66. The summed E-state index contributed by atoms with van der Waals surface area (Å²) in [7, 11) is 0. The van der Waals surface area contributed by atoms with Crippen LogP contribution in [0.5, 0.6) is 5.75 Å². The third-order valence-corrected chi connectivity index (χ3v) is 3.52. The molecule has 1 fully saturated rings. The number of piperidine rings is 1. The van der Waals surface area contributed by atoms with Gasteiger partial charge in [-0.05, 0) is 30.9 Å². The summed E-state index contributed by atoms with van der Waals surface area (Å²) in [6.45, 7) is 0.780. The second-order valence-electron chi connectivity index (χ2n) is 5.16. The second kappa shape index (κ2) is 7.06. The Morgan fingerprint density at radius 1 is 1.38 bits per heavy atom. The number of ether oxygens (including phenoxy) is 1. The molecule has 6 heteroatoms. The zero-order valence-electron chi connectivity index (χ0n) is 11.6. The molecule has 1 N–H and O–H groups in total. The van der Waals surface area contributed by atoms with E-state index in [-0.39, 0.29) is 30.6 Å². The minimum Gasteiger partial charge on any atom is -0.481 e. The minimum absolute atomic E-state index is 0.0198. The van der Waals surface area contributed by atoms with Gasteiger partial charge in [0.2, 0.25) is 0 Å². The van der Waals surface area contributed by atoms with E-state index in [4.69, 9.17) is 9.84 Å². The summed E-state index contributed by atoms with van der Waals surface area (Å²) >= 11 is 0. The first-order valence-corrected chi connectivity index (χ1v) is 6.93. The smallest absolute Gasteiger partial charge is 0.303 e. The monoisotopic (exact) mass is 295 g/mol. The lowest BCUT2D eigenvalue weighted by molar-refractivity contribution is -0.141. The quantitative estimate of drug-likeness (QED) is 0.901. The molecule has 1 aliphatic rings. The molecule has 1 amide bonds. The van der Waals surface area contributed by atoms with Gasteiger partial charge in [-0.25, -0.2) is 4.39 Å². The maximum Gasteiger partial charge on any atom is 0.303 e. The van der Waals surface area contributed by atoms with Gasteiger partial charge in [0.25, 0.3) is 5.91 Å². The molecule has 0 aliphatic carbocycles. The fourth-order valence-corrected chi connectivity index (χ4v) is 2.50. The molecule has 0 bridgehead atoms. The van der Waals surface area contributed by atoms with Gasteiger partial charge < -0.3 is 14.7 Å². The largest absolute Gasteiger partial charge is 0.481 e. The van der Waals surface area contributed by atoms with Crippen LogP contribution in [-0.2, 0) is 9.59 Å². The molecule has 1 aromatic rings. The number of carboxylic acids is 1. The Bertz CT molecular complexity index is 520. The lowest BCUT2D eigenvalue weighted by Gasteiger charge is -2.32. The van der Waals surface area contributed by atoms with Crippen molar-refractivity contribution in [2.45, 2.75) is 19.3 Å². The maximum absolute atomic E-state index is 13.4. The second-order valence-corrected chi connectivity index (χ2v) is 5.16. The number of aliphatic carboxylic acids is 1. The van der Waals surface area contributed by atoms with Crippen LogP contribution in [0.25, 0.3) is 0 Å². The van der Waals surface area contributed by atoms with Crippen molar-refractivity contribution in [1.82, 2.24) is 4.90 Å². The van der Waals surface area contributed by atoms with Crippen molar-refractivity contribution >= 4 is 11.9 Å². The van der Waals surface area contributed by atoms with E-state index in [1.165, 1.54) is 12.1 Å². The van der Waals surface area contributed by atoms with Crippen molar-refractivity contribution in [3.05, 3.63) is 30.1 Å². The Kier molecular flexibility index (Phi) is 5.14. The Labute approximate surface area is 122 Å². The van der Waals surface area contributed by atoms with Crippen molar-refractivity contribution in [2.75, 3.05) is 19.7 Å². The standard InChI is InChI=1S/C15H18FNO4/c16-12-5-1-2-6-13(12)21-10-14(18)17-7-3-4-11(9-17)8-15(19)20/h1-2,5-6,11H,3-4,7-10H2,(H,19,20). The molecule has 1 aliphatic heterocycles. The van der Waals surface area contributed by atoms with Gasteiger partial charge in [0, 0.05) is 19.5 Å². The molecular formula is C15H18FNO4. The average molecular weight is 295 g/mol. The van der Waals surface area contributed by atoms with Crippen molar-refractivity contribution in [3.8, 4) is 5.75 Å². The summed E-state index contributed by atoms with van der Waals surface area (Å²) < 4.78 is 18.6. The predicted octanol–water partition coefficient (Wildman–Crippen LogP) is 1.92. The first-order valence-electron chi connectivity index (χ1n) is 6.93. The molecule has 2 rings (SSSR count). The van der Waals surface area contributed by atoms with E-state index in [9.17, 15) is 14.0 Å². The van der Waals surface area contributed by atoms with Gasteiger partial charge in [-0.15, -0.1) is 0 Å². The molecule has 0 saturated carbocycles. The number of nitrogens with zero attached hydrogens (tertiary/aromatic N) is 1. The molecule has 1 unspecified atom stereocenters. The van der Waals surface area contributed by atoms with Crippen molar-refractivity contribution in [1.29, 1.82) is 0 Å². The van der Waals surface area contributed by atoms with E-state index in [1.54, 1.807) is 17.0 Å². The number of rotatable bonds is 5. The van der Waals surface area contributed by atoms with Gasteiger partial charge in [-0.3, -0.25) is 9.59 Å². The fraction of sp³-hybridized carbons (Fsp3) is 0.467. The molecule has 0 radical (unpaired) electrons. The molecule has 1 heterocycles. The van der Waals surface area contributed by atoms with Gasteiger partial charge in [0.05, 0.1) is 0 Å². The number of para-hydroxylation sites is 1. The third-order valence-electron chi connectivity index (χ3n) is 3.52. The minimum atomic E-state index is -0.850. The van der Waals surface area contributed by atoms with Gasteiger partial charge >= 0.3 is 5.97 Å². The first kappa shape index (κ1) is 15.3. The Balaban J connectivity index is 1.85. The highest BCUT2D eigenvalue weighted by molar-refractivity contribution is 5.78. The molecular weight excluding hydrogens is 277 g/mol. The summed E-state index contributed by atoms with van der Waals surface area (Å²) in [5.41, 5.74) is 0. The van der Waals surface area contributed by atoms with E-state index < -0.39 is 11.8 Å². The number of carboxylic acid groups (broad SMARTS) is 1. The number of hydrogen-bond acceptors (Lipinski definition) is 3. The molecule has 114 valence electrons. The van der Waals surface area contributed by atoms with Gasteiger partial charge in [0.15, 0.2) is 18.2 Å². The number of hydrogen-bond donors (Lipinski definition) is 1. The molecule has 21 heavy (non-hydrogen) atoms. The Morgan fingerprint density at radius 2 is 2.14 bits per heavy atom. The summed E-state index contributed by atoms with van der Waals surface area (Å²) in [5.74, 6) is -1.57. The molecule has 0 spiro atoms.